The van der Waals surface area contributed by atoms with Crippen molar-refractivity contribution in [3.05, 3.63) is 58.9 Å². The van der Waals surface area contributed by atoms with E-state index in [0.717, 1.165) is 18.7 Å². The van der Waals surface area contributed by atoms with Crippen LogP contribution < -0.4 is 4.90 Å². The zero-order chi connectivity index (χ0) is 16.9. The molecular formula is C19H22ClN3O. The van der Waals surface area contributed by atoms with Gasteiger partial charge in [-0.25, -0.2) is 4.98 Å². The lowest BCUT2D eigenvalue weighted by atomic mass is 10.1. The standard InChI is InChI=1S/C19H22ClN3O/c1-22(19(24)16-7-10-18(20)21-13-16)14-15-5-8-17(9-6-15)23-11-3-2-4-12-23/h5-10,13H,2-4,11-12,14H2,1H3. The lowest BCUT2D eigenvalue weighted by Crippen LogP contribution is -2.29. The van der Waals surface area contributed by atoms with E-state index < -0.39 is 0 Å². The van der Waals surface area contributed by atoms with Crippen LogP contribution in [0.1, 0.15) is 35.2 Å². The monoisotopic (exact) mass is 343 g/mol. The molecule has 1 amide bonds. The van der Waals surface area contributed by atoms with Crippen LogP contribution in [-0.2, 0) is 6.54 Å². The summed E-state index contributed by atoms with van der Waals surface area (Å²) in [5.41, 5.74) is 2.94. The van der Waals surface area contributed by atoms with Crippen LogP contribution in [0, 0.1) is 0 Å². The van der Waals surface area contributed by atoms with Crippen molar-refractivity contribution in [3.63, 3.8) is 0 Å². The second kappa shape index (κ2) is 7.67. The maximum Gasteiger partial charge on any atom is 0.255 e. The predicted octanol–water partition coefficient (Wildman–Crippen LogP) is 4.00. The van der Waals surface area contributed by atoms with Crippen LogP contribution in [-0.4, -0.2) is 35.9 Å². The van der Waals surface area contributed by atoms with Gasteiger partial charge in [0.15, 0.2) is 0 Å². The smallest absolute Gasteiger partial charge is 0.255 e. The van der Waals surface area contributed by atoms with Gasteiger partial charge in [-0.05, 0) is 49.1 Å². The van der Waals surface area contributed by atoms with Gasteiger partial charge in [0.1, 0.15) is 5.15 Å². The number of rotatable bonds is 4. The number of nitrogens with zero attached hydrogens (tertiary/aromatic N) is 3. The Kier molecular flexibility index (Phi) is 5.36. The minimum Gasteiger partial charge on any atom is -0.372 e. The topological polar surface area (TPSA) is 36.4 Å². The van der Waals surface area contributed by atoms with Crippen molar-refractivity contribution in [2.24, 2.45) is 0 Å². The predicted molar refractivity (Wildman–Crippen MR) is 97.6 cm³/mol. The van der Waals surface area contributed by atoms with Gasteiger partial charge >= 0.3 is 0 Å². The van der Waals surface area contributed by atoms with Crippen LogP contribution in [0.5, 0.6) is 0 Å². The Morgan fingerprint density at radius 1 is 1.12 bits per heavy atom. The van der Waals surface area contributed by atoms with E-state index in [1.165, 1.54) is 31.1 Å². The number of anilines is 1. The summed E-state index contributed by atoms with van der Waals surface area (Å²) in [6.45, 7) is 2.85. The number of carbonyl (C=O) groups is 1. The van der Waals surface area contributed by atoms with Crippen molar-refractivity contribution < 1.29 is 4.79 Å². The van der Waals surface area contributed by atoms with Gasteiger partial charge in [0.05, 0.1) is 5.56 Å². The van der Waals surface area contributed by atoms with Gasteiger partial charge in [-0.1, -0.05) is 23.7 Å². The Bertz CT molecular complexity index is 679. The number of hydrogen-bond donors (Lipinski definition) is 0. The Morgan fingerprint density at radius 2 is 1.83 bits per heavy atom. The second-order valence-corrected chi connectivity index (χ2v) is 6.63. The molecule has 0 aliphatic carbocycles. The third kappa shape index (κ3) is 4.06. The molecule has 0 saturated carbocycles. The first-order chi connectivity index (χ1) is 11.6. The van der Waals surface area contributed by atoms with Crippen LogP contribution in [0.25, 0.3) is 0 Å². The third-order valence-electron chi connectivity index (χ3n) is 4.40. The van der Waals surface area contributed by atoms with Crippen LogP contribution >= 0.6 is 11.6 Å². The average molecular weight is 344 g/mol. The number of piperidine rings is 1. The van der Waals surface area contributed by atoms with E-state index in [9.17, 15) is 4.79 Å². The number of amides is 1. The largest absolute Gasteiger partial charge is 0.372 e. The highest BCUT2D eigenvalue weighted by Crippen LogP contribution is 2.21. The molecule has 126 valence electrons. The van der Waals surface area contributed by atoms with Crippen molar-refractivity contribution in [2.75, 3.05) is 25.0 Å². The fourth-order valence-electron chi connectivity index (χ4n) is 3.03. The van der Waals surface area contributed by atoms with Crippen LogP contribution in [0.4, 0.5) is 5.69 Å². The van der Waals surface area contributed by atoms with E-state index in [2.05, 4.69) is 34.1 Å². The maximum atomic E-state index is 12.4. The van der Waals surface area contributed by atoms with E-state index in [0.29, 0.717) is 17.3 Å². The molecule has 1 saturated heterocycles. The highest BCUT2D eigenvalue weighted by atomic mass is 35.5. The number of pyridine rings is 1. The SMILES string of the molecule is CN(Cc1ccc(N2CCCCC2)cc1)C(=O)c1ccc(Cl)nc1. The van der Waals surface area contributed by atoms with Crippen molar-refractivity contribution in [2.45, 2.75) is 25.8 Å². The van der Waals surface area contributed by atoms with Gasteiger partial charge in [0.25, 0.3) is 5.91 Å². The molecular weight excluding hydrogens is 322 g/mol. The molecule has 0 spiro atoms. The average Bonchev–Trinajstić information content (AvgIpc) is 2.63. The van der Waals surface area contributed by atoms with Gasteiger partial charge in [0.2, 0.25) is 0 Å². The molecule has 0 N–H and O–H groups in total. The molecule has 0 radical (unpaired) electrons. The quantitative estimate of drug-likeness (QED) is 0.787. The summed E-state index contributed by atoms with van der Waals surface area (Å²) < 4.78 is 0. The molecule has 1 aromatic carbocycles. The number of carbonyl (C=O) groups excluding carboxylic acids is 1. The zero-order valence-corrected chi connectivity index (χ0v) is 14.7. The highest BCUT2D eigenvalue weighted by Gasteiger charge is 2.14. The summed E-state index contributed by atoms with van der Waals surface area (Å²) in [4.78, 5) is 20.5. The first-order valence-corrected chi connectivity index (χ1v) is 8.72. The second-order valence-electron chi connectivity index (χ2n) is 6.24. The first-order valence-electron chi connectivity index (χ1n) is 8.34. The summed E-state index contributed by atoms with van der Waals surface area (Å²) in [5, 5.41) is 0.391. The molecule has 1 aliphatic rings. The van der Waals surface area contributed by atoms with Gasteiger partial charge in [-0.15, -0.1) is 0 Å². The zero-order valence-electron chi connectivity index (χ0n) is 13.9. The molecule has 2 aromatic rings. The fourth-order valence-corrected chi connectivity index (χ4v) is 3.14. The summed E-state index contributed by atoms with van der Waals surface area (Å²) >= 11 is 5.76. The van der Waals surface area contributed by atoms with E-state index in [4.69, 9.17) is 11.6 Å². The number of hydrogen-bond acceptors (Lipinski definition) is 3. The highest BCUT2D eigenvalue weighted by molar-refractivity contribution is 6.29. The Labute approximate surface area is 148 Å². The van der Waals surface area contributed by atoms with Crippen molar-refractivity contribution >= 4 is 23.2 Å². The fraction of sp³-hybridized carbons (Fsp3) is 0.368. The van der Waals surface area contributed by atoms with Crippen molar-refractivity contribution in [1.82, 2.24) is 9.88 Å². The van der Waals surface area contributed by atoms with E-state index in [1.807, 2.05) is 0 Å². The van der Waals surface area contributed by atoms with E-state index >= 15 is 0 Å². The molecule has 1 fully saturated rings. The molecule has 1 aromatic heterocycles. The normalized spacial score (nSPS) is 14.5. The van der Waals surface area contributed by atoms with E-state index in [1.54, 1.807) is 24.1 Å². The molecule has 4 nitrogen and oxygen atoms in total. The lowest BCUT2D eigenvalue weighted by molar-refractivity contribution is 0.0784. The van der Waals surface area contributed by atoms with Crippen LogP contribution in [0.3, 0.4) is 0 Å². The number of benzene rings is 1. The van der Waals surface area contributed by atoms with Gasteiger partial charge in [-0.3, -0.25) is 4.79 Å². The summed E-state index contributed by atoms with van der Waals surface area (Å²) in [5.74, 6) is -0.0562. The Hall–Kier alpha value is -2.07. The molecule has 2 heterocycles. The summed E-state index contributed by atoms with van der Waals surface area (Å²) in [7, 11) is 1.80. The van der Waals surface area contributed by atoms with Crippen LogP contribution in [0.15, 0.2) is 42.6 Å². The summed E-state index contributed by atoms with van der Waals surface area (Å²) in [6.07, 6.45) is 5.39. The van der Waals surface area contributed by atoms with Crippen molar-refractivity contribution in [1.29, 1.82) is 0 Å². The Morgan fingerprint density at radius 3 is 2.46 bits per heavy atom. The van der Waals surface area contributed by atoms with Gasteiger partial charge in [0, 0.05) is 38.6 Å². The van der Waals surface area contributed by atoms with Crippen LogP contribution in [0.2, 0.25) is 5.15 Å². The van der Waals surface area contributed by atoms with Gasteiger partial charge in [-0.2, -0.15) is 0 Å². The van der Waals surface area contributed by atoms with Gasteiger partial charge < -0.3 is 9.80 Å². The minimum absolute atomic E-state index is 0.0562. The Balaban J connectivity index is 1.62. The number of halogens is 1. The molecule has 1 aliphatic heterocycles. The number of aromatic nitrogens is 1. The molecule has 0 bridgehead atoms. The molecule has 24 heavy (non-hydrogen) atoms. The first kappa shape index (κ1) is 16.8. The molecule has 0 atom stereocenters. The molecule has 5 heteroatoms. The lowest BCUT2D eigenvalue weighted by Gasteiger charge is -2.29. The summed E-state index contributed by atoms with van der Waals surface area (Å²) in [6, 6.07) is 11.9. The molecule has 3 rings (SSSR count). The maximum absolute atomic E-state index is 12.4. The minimum atomic E-state index is -0.0562. The molecule has 0 unspecified atom stereocenters. The van der Waals surface area contributed by atoms with Crippen molar-refractivity contribution in [3.8, 4) is 0 Å². The van der Waals surface area contributed by atoms with E-state index in [-0.39, 0.29) is 5.91 Å². The third-order valence-corrected chi connectivity index (χ3v) is 4.62.